The zero-order chi connectivity index (χ0) is 20.1. The predicted molar refractivity (Wildman–Crippen MR) is 109 cm³/mol. The number of hydrogen-bond acceptors (Lipinski definition) is 4. The van der Waals surface area contributed by atoms with Crippen molar-refractivity contribution in [1.82, 2.24) is 10.3 Å². The Labute approximate surface area is 170 Å². The standard InChI is InChI=1S/C22H24ClN3O2/c1-14(2)21-10-4-16(13-25-21)22(27)26-17-5-8-18(9-6-17)28-19-7-3-15(12-24)20(23)11-19/h3-4,7,10-11,13-14,17-18H,5-6,8-9H2,1-2H3,(H,26,27). The van der Waals surface area contributed by atoms with Crippen molar-refractivity contribution in [2.75, 3.05) is 0 Å². The molecule has 5 nitrogen and oxygen atoms in total. The number of hydrogen-bond donors (Lipinski definition) is 1. The van der Waals surface area contributed by atoms with E-state index in [1.54, 1.807) is 24.4 Å². The number of nitrogens with one attached hydrogen (secondary N) is 1. The number of benzene rings is 1. The molecule has 1 aliphatic rings. The number of amides is 1. The molecule has 6 heteroatoms. The SMILES string of the molecule is CC(C)c1ccc(C(=O)NC2CCC(Oc3ccc(C#N)c(Cl)c3)CC2)cn1. The van der Waals surface area contributed by atoms with Gasteiger partial charge in [-0.15, -0.1) is 0 Å². The molecule has 0 aliphatic heterocycles. The Morgan fingerprint density at radius 1 is 1.25 bits per heavy atom. The van der Waals surface area contributed by atoms with E-state index in [9.17, 15) is 4.79 Å². The molecule has 1 aliphatic carbocycles. The fourth-order valence-corrected chi connectivity index (χ4v) is 3.54. The first-order chi connectivity index (χ1) is 13.5. The van der Waals surface area contributed by atoms with Gasteiger partial charge in [0.25, 0.3) is 5.91 Å². The maximum absolute atomic E-state index is 12.4. The molecule has 1 aromatic heterocycles. The summed E-state index contributed by atoms with van der Waals surface area (Å²) in [4.78, 5) is 16.8. The van der Waals surface area contributed by atoms with E-state index in [1.165, 1.54) is 0 Å². The third-order valence-electron chi connectivity index (χ3n) is 5.01. The highest BCUT2D eigenvalue weighted by Gasteiger charge is 2.24. The maximum atomic E-state index is 12.4. The van der Waals surface area contributed by atoms with Gasteiger partial charge in [-0.05, 0) is 55.9 Å². The number of nitriles is 1. The minimum atomic E-state index is -0.0777. The number of rotatable bonds is 5. The zero-order valence-corrected chi connectivity index (χ0v) is 16.9. The zero-order valence-electron chi connectivity index (χ0n) is 16.1. The molecule has 1 fully saturated rings. The molecule has 146 valence electrons. The highest BCUT2D eigenvalue weighted by atomic mass is 35.5. The minimum absolute atomic E-state index is 0.0777. The van der Waals surface area contributed by atoms with Crippen LogP contribution in [-0.4, -0.2) is 23.0 Å². The Kier molecular flexibility index (Phi) is 6.53. The summed E-state index contributed by atoms with van der Waals surface area (Å²) in [5, 5.41) is 12.4. The lowest BCUT2D eigenvalue weighted by atomic mass is 9.92. The van der Waals surface area contributed by atoms with E-state index < -0.39 is 0 Å². The fourth-order valence-electron chi connectivity index (χ4n) is 3.33. The average molecular weight is 398 g/mol. The third-order valence-corrected chi connectivity index (χ3v) is 5.33. The van der Waals surface area contributed by atoms with E-state index in [-0.39, 0.29) is 18.1 Å². The van der Waals surface area contributed by atoms with Gasteiger partial charge in [0.1, 0.15) is 11.8 Å². The average Bonchev–Trinajstić information content (AvgIpc) is 2.69. The molecule has 0 bridgehead atoms. The second-order valence-electron chi connectivity index (χ2n) is 7.44. The topological polar surface area (TPSA) is 75.0 Å². The quantitative estimate of drug-likeness (QED) is 0.782. The van der Waals surface area contributed by atoms with Gasteiger partial charge in [0.15, 0.2) is 0 Å². The first kappa shape index (κ1) is 20.2. The number of ether oxygens (including phenoxy) is 1. The Balaban J connectivity index is 1.49. The van der Waals surface area contributed by atoms with Crippen LogP contribution in [0.1, 0.15) is 67.1 Å². The Morgan fingerprint density at radius 2 is 2.00 bits per heavy atom. The number of nitrogens with zero attached hydrogens (tertiary/aromatic N) is 2. The number of pyridine rings is 1. The van der Waals surface area contributed by atoms with E-state index in [1.807, 2.05) is 18.2 Å². The fraction of sp³-hybridized carbons (Fsp3) is 0.409. The molecular formula is C22H24ClN3O2. The predicted octanol–water partition coefficient (Wildman–Crippen LogP) is 4.85. The lowest BCUT2D eigenvalue weighted by Crippen LogP contribution is -2.39. The first-order valence-corrected chi connectivity index (χ1v) is 9.97. The second-order valence-corrected chi connectivity index (χ2v) is 7.85. The number of carbonyl (C=O) groups is 1. The van der Waals surface area contributed by atoms with Crippen LogP contribution in [0.4, 0.5) is 0 Å². The molecule has 1 aromatic carbocycles. The summed E-state index contributed by atoms with van der Waals surface area (Å²) in [7, 11) is 0. The van der Waals surface area contributed by atoms with Crippen LogP contribution in [0.3, 0.4) is 0 Å². The molecule has 0 spiro atoms. The summed E-state index contributed by atoms with van der Waals surface area (Å²) >= 11 is 6.06. The van der Waals surface area contributed by atoms with Gasteiger partial charge in [0, 0.05) is 24.0 Å². The van der Waals surface area contributed by atoms with Gasteiger partial charge < -0.3 is 10.1 Å². The number of halogens is 1. The van der Waals surface area contributed by atoms with E-state index in [0.717, 1.165) is 31.4 Å². The van der Waals surface area contributed by atoms with E-state index >= 15 is 0 Å². The van der Waals surface area contributed by atoms with Crippen LogP contribution in [-0.2, 0) is 0 Å². The van der Waals surface area contributed by atoms with Crippen molar-refractivity contribution in [1.29, 1.82) is 5.26 Å². The maximum Gasteiger partial charge on any atom is 0.253 e. The van der Waals surface area contributed by atoms with Crippen molar-refractivity contribution in [3.05, 3.63) is 58.4 Å². The summed E-state index contributed by atoms with van der Waals surface area (Å²) in [5.74, 6) is 0.942. The Hall–Kier alpha value is -2.58. The summed E-state index contributed by atoms with van der Waals surface area (Å²) in [5.41, 5.74) is 2.02. The lowest BCUT2D eigenvalue weighted by molar-refractivity contribution is 0.0893. The molecule has 0 unspecified atom stereocenters. The number of carbonyl (C=O) groups excluding carboxylic acids is 1. The summed E-state index contributed by atoms with van der Waals surface area (Å²) in [6, 6.07) is 11.0. The normalized spacial score (nSPS) is 19.1. The van der Waals surface area contributed by atoms with Crippen molar-refractivity contribution in [3.63, 3.8) is 0 Å². The van der Waals surface area contributed by atoms with Gasteiger partial charge in [-0.2, -0.15) is 5.26 Å². The van der Waals surface area contributed by atoms with Crippen molar-refractivity contribution in [2.24, 2.45) is 0 Å². The van der Waals surface area contributed by atoms with Crippen molar-refractivity contribution in [3.8, 4) is 11.8 Å². The molecule has 0 atom stereocenters. The molecule has 1 heterocycles. The minimum Gasteiger partial charge on any atom is -0.490 e. The molecule has 1 N–H and O–H groups in total. The molecule has 0 saturated heterocycles. The Morgan fingerprint density at radius 3 is 2.57 bits per heavy atom. The smallest absolute Gasteiger partial charge is 0.253 e. The third kappa shape index (κ3) is 5.02. The van der Waals surface area contributed by atoms with Crippen molar-refractivity contribution < 1.29 is 9.53 Å². The van der Waals surface area contributed by atoms with Gasteiger partial charge >= 0.3 is 0 Å². The van der Waals surface area contributed by atoms with Crippen molar-refractivity contribution in [2.45, 2.75) is 57.6 Å². The van der Waals surface area contributed by atoms with Crippen LogP contribution in [0.25, 0.3) is 0 Å². The van der Waals surface area contributed by atoms with E-state index in [2.05, 4.69) is 24.1 Å². The van der Waals surface area contributed by atoms with Crippen LogP contribution in [0.5, 0.6) is 5.75 Å². The lowest BCUT2D eigenvalue weighted by Gasteiger charge is -2.29. The molecule has 3 rings (SSSR count). The molecule has 0 radical (unpaired) electrons. The van der Waals surface area contributed by atoms with Gasteiger partial charge in [-0.1, -0.05) is 25.4 Å². The number of aromatic nitrogens is 1. The Bertz CT molecular complexity index is 866. The molecule has 28 heavy (non-hydrogen) atoms. The van der Waals surface area contributed by atoms with E-state index in [0.29, 0.717) is 27.8 Å². The van der Waals surface area contributed by atoms with Crippen molar-refractivity contribution >= 4 is 17.5 Å². The summed E-state index contributed by atoms with van der Waals surface area (Å²) < 4.78 is 5.99. The second kappa shape index (κ2) is 9.07. The van der Waals surface area contributed by atoms with Crippen LogP contribution in [0.15, 0.2) is 36.5 Å². The highest BCUT2D eigenvalue weighted by Crippen LogP contribution is 2.27. The summed E-state index contributed by atoms with van der Waals surface area (Å²) in [6.45, 7) is 4.16. The van der Waals surface area contributed by atoms with Gasteiger partial charge in [-0.3, -0.25) is 9.78 Å². The van der Waals surface area contributed by atoms with Crippen LogP contribution in [0, 0.1) is 11.3 Å². The van der Waals surface area contributed by atoms with Gasteiger partial charge in [0.2, 0.25) is 0 Å². The van der Waals surface area contributed by atoms with Crippen LogP contribution in [0.2, 0.25) is 5.02 Å². The monoisotopic (exact) mass is 397 g/mol. The molecule has 1 saturated carbocycles. The highest BCUT2D eigenvalue weighted by molar-refractivity contribution is 6.31. The largest absolute Gasteiger partial charge is 0.490 e. The molecule has 2 aromatic rings. The molecule has 1 amide bonds. The first-order valence-electron chi connectivity index (χ1n) is 9.59. The molecular weight excluding hydrogens is 374 g/mol. The van der Waals surface area contributed by atoms with Gasteiger partial charge in [-0.25, -0.2) is 0 Å². The van der Waals surface area contributed by atoms with E-state index in [4.69, 9.17) is 21.6 Å². The summed E-state index contributed by atoms with van der Waals surface area (Å²) in [6.07, 6.45) is 5.16. The van der Waals surface area contributed by atoms with Crippen LogP contribution >= 0.6 is 11.6 Å². The van der Waals surface area contributed by atoms with Crippen LogP contribution < -0.4 is 10.1 Å². The van der Waals surface area contributed by atoms with Gasteiger partial charge in [0.05, 0.1) is 22.3 Å².